The molecule has 60 heavy (non-hydrogen) atoms. The lowest BCUT2D eigenvalue weighted by Gasteiger charge is -2.32. The van der Waals surface area contributed by atoms with Crippen LogP contribution in [-0.4, -0.2) is 48.4 Å². The molecule has 6 nitrogen and oxygen atoms in total. The lowest BCUT2D eigenvalue weighted by molar-refractivity contribution is -0.156. The molecule has 0 bridgehead atoms. The molecule has 2 aromatic rings. The third-order valence-corrected chi connectivity index (χ3v) is 13.4. The number of nitriles is 1. The summed E-state index contributed by atoms with van der Waals surface area (Å²) >= 11 is 6.30. The van der Waals surface area contributed by atoms with E-state index in [1.54, 1.807) is 11.6 Å². The Balaban J connectivity index is 0.975. The Morgan fingerprint density at radius 1 is 0.917 bits per heavy atom. The number of likely N-dealkylation sites (tertiary alicyclic amines) is 1. The number of piperidine rings is 1. The van der Waals surface area contributed by atoms with Crippen LogP contribution in [0.2, 0.25) is 5.02 Å². The Morgan fingerprint density at radius 3 is 2.27 bits per heavy atom. The number of benzene rings is 2. The Labute approximate surface area is 367 Å². The smallest absolute Gasteiger partial charge is 0.320 e. The molecular weight excluding hydrogens is 762 g/mol. The topological polar surface area (TPSA) is 74.9 Å². The second-order valence-corrected chi connectivity index (χ2v) is 20.1. The highest BCUT2D eigenvalue weighted by molar-refractivity contribution is 6.30. The van der Waals surface area contributed by atoms with Gasteiger partial charge in [-0.15, -0.1) is 0 Å². The zero-order valence-corrected chi connectivity index (χ0v) is 38.4. The molecule has 0 radical (unpaired) electrons. The van der Waals surface area contributed by atoms with E-state index in [0.29, 0.717) is 29.7 Å². The van der Waals surface area contributed by atoms with Crippen molar-refractivity contribution in [3.8, 4) is 11.8 Å². The van der Waals surface area contributed by atoms with Crippen molar-refractivity contribution < 1.29 is 14.3 Å². The van der Waals surface area contributed by atoms with Crippen molar-refractivity contribution in [3.63, 3.8) is 0 Å². The molecule has 0 aromatic heterocycles. The highest BCUT2D eigenvalue weighted by Crippen LogP contribution is 2.39. The van der Waals surface area contributed by atoms with E-state index >= 15 is 0 Å². The summed E-state index contributed by atoms with van der Waals surface area (Å²) < 4.78 is 11.6. The Morgan fingerprint density at radius 2 is 1.60 bits per heavy atom. The summed E-state index contributed by atoms with van der Waals surface area (Å²) in [7, 11) is 0. The van der Waals surface area contributed by atoms with Crippen molar-refractivity contribution in [1.82, 2.24) is 4.90 Å². The van der Waals surface area contributed by atoms with Gasteiger partial charge in [-0.1, -0.05) is 75.2 Å². The number of nitrogens with zero attached hydrogens (tertiary/aromatic N) is 3. The van der Waals surface area contributed by atoms with E-state index < -0.39 is 5.60 Å². The zero-order chi connectivity index (χ0) is 43.3. The Hall–Kier alpha value is -3.92. The number of hydrogen-bond donors (Lipinski definition) is 0. The first kappa shape index (κ1) is 47.1. The van der Waals surface area contributed by atoms with Crippen LogP contribution in [0, 0.1) is 35.0 Å². The van der Waals surface area contributed by atoms with Gasteiger partial charge in [0.15, 0.2) is 0 Å². The minimum absolute atomic E-state index is 0.0983. The number of carbonyl (C=O) groups is 1. The summed E-state index contributed by atoms with van der Waals surface area (Å²) in [6.45, 7) is 23.4. The van der Waals surface area contributed by atoms with Crippen LogP contribution < -0.4 is 4.74 Å². The molecule has 2 aromatic carbocycles. The van der Waals surface area contributed by atoms with Gasteiger partial charge in [-0.2, -0.15) is 5.26 Å². The van der Waals surface area contributed by atoms with Gasteiger partial charge in [0.2, 0.25) is 0 Å². The molecule has 0 amide bonds. The molecule has 0 spiro atoms. The first-order valence-corrected chi connectivity index (χ1v) is 23.1. The largest absolute Gasteiger partial charge is 0.489 e. The first-order valence-electron chi connectivity index (χ1n) is 22.7. The molecule has 5 rings (SSSR count). The van der Waals surface area contributed by atoms with Gasteiger partial charge < -0.3 is 9.47 Å². The third-order valence-electron chi connectivity index (χ3n) is 13.1. The normalized spacial score (nSPS) is 21.2. The van der Waals surface area contributed by atoms with Crippen molar-refractivity contribution in [2.45, 2.75) is 142 Å². The van der Waals surface area contributed by atoms with Crippen LogP contribution in [0.25, 0.3) is 0 Å². The quantitative estimate of drug-likeness (QED) is 0.0687. The Kier molecular flexibility index (Phi) is 17.5. The molecule has 1 unspecified atom stereocenters. The molecule has 7 heteroatoms. The van der Waals surface area contributed by atoms with Crippen LogP contribution >= 0.6 is 11.6 Å². The summed E-state index contributed by atoms with van der Waals surface area (Å²) in [5.74, 6) is 3.84. The summed E-state index contributed by atoms with van der Waals surface area (Å²) in [6.07, 6.45) is 24.2. The van der Waals surface area contributed by atoms with Crippen LogP contribution in [0.1, 0.15) is 148 Å². The molecule has 2 aliphatic carbocycles. The predicted octanol–water partition coefficient (Wildman–Crippen LogP) is 13.5. The van der Waals surface area contributed by atoms with Crippen LogP contribution in [0.15, 0.2) is 95.7 Å². The molecule has 1 aliphatic heterocycles. The predicted molar refractivity (Wildman–Crippen MR) is 250 cm³/mol. The SMILES string of the molecule is C=C(/C=C\N=C(\CC1CCC(CC2CCC=C(CCC3CCN(CC(=O)OC(C)(C)C)CC3)CC2)CC1)C(=C)C)COc1ccc(C(C)(C)c2cc(Cl)cc(C#N)c2)cc1. The lowest BCUT2D eigenvalue weighted by Crippen LogP contribution is -2.39. The van der Waals surface area contributed by atoms with Crippen LogP contribution in [0.4, 0.5) is 0 Å². The van der Waals surface area contributed by atoms with E-state index in [9.17, 15) is 10.1 Å². The van der Waals surface area contributed by atoms with Gasteiger partial charge in [-0.3, -0.25) is 14.7 Å². The van der Waals surface area contributed by atoms with E-state index in [-0.39, 0.29) is 11.4 Å². The maximum Gasteiger partial charge on any atom is 0.320 e. The maximum atomic E-state index is 12.3. The molecular formula is C53H72ClN3O3. The second kappa shape index (κ2) is 22.3. The van der Waals surface area contributed by atoms with Crippen LogP contribution in [0.5, 0.6) is 5.75 Å². The van der Waals surface area contributed by atoms with Gasteiger partial charge in [-0.05, 0) is 200 Å². The molecule has 2 fully saturated rings. The van der Waals surface area contributed by atoms with Gasteiger partial charge in [0.05, 0.1) is 18.2 Å². The average Bonchev–Trinajstić information content (AvgIpc) is 3.44. The van der Waals surface area contributed by atoms with Crippen molar-refractivity contribution in [1.29, 1.82) is 5.26 Å². The number of hydrogen-bond acceptors (Lipinski definition) is 6. The van der Waals surface area contributed by atoms with Crippen molar-refractivity contribution >= 4 is 23.3 Å². The molecule has 1 heterocycles. The summed E-state index contributed by atoms with van der Waals surface area (Å²) in [4.78, 5) is 19.4. The van der Waals surface area contributed by atoms with Crippen molar-refractivity contribution in [2.75, 3.05) is 26.2 Å². The van der Waals surface area contributed by atoms with E-state index in [1.165, 1.54) is 83.5 Å². The minimum atomic E-state index is -0.413. The van der Waals surface area contributed by atoms with Gasteiger partial charge in [0.1, 0.15) is 18.0 Å². The minimum Gasteiger partial charge on any atom is -0.489 e. The lowest BCUT2D eigenvalue weighted by atomic mass is 9.75. The highest BCUT2D eigenvalue weighted by atomic mass is 35.5. The van der Waals surface area contributed by atoms with Crippen LogP contribution in [-0.2, 0) is 14.9 Å². The van der Waals surface area contributed by atoms with Gasteiger partial charge >= 0.3 is 5.97 Å². The second-order valence-electron chi connectivity index (χ2n) is 19.6. The molecule has 1 saturated carbocycles. The highest BCUT2D eigenvalue weighted by Gasteiger charge is 2.28. The fraction of sp³-hybridized carbons (Fsp3) is 0.566. The van der Waals surface area contributed by atoms with Gasteiger partial charge in [-0.25, -0.2) is 0 Å². The monoisotopic (exact) mass is 834 g/mol. The standard InChI is InChI=1S/C53H72ClN3O3/c1-38(2)50(56-27-24-39(3)37-59-49-22-20-46(21-23-49)53(7,8)47-31-45(35-55)32-48(54)34-47)33-44-18-16-43(17-19-44)30-42-11-9-10-40(14-15-42)12-13-41-25-28-57(29-26-41)36-51(58)60-52(4,5)6/h10,20-24,27,31-32,34,41-44H,1,3,9,11-19,25-26,28-30,33,36-37H2,2,4-8H3/b27-24-,56-50-. The van der Waals surface area contributed by atoms with Crippen molar-refractivity contribution in [2.24, 2.45) is 28.7 Å². The van der Waals surface area contributed by atoms with Gasteiger partial charge in [0, 0.05) is 22.3 Å². The van der Waals surface area contributed by atoms with E-state index in [4.69, 9.17) is 26.1 Å². The van der Waals surface area contributed by atoms with Crippen molar-refractivity contribution in [3.05, 3.63) is 112 Å². The maximum absolute atomic E-state index is 12.3. The molecule has 1 saturated heterocycles. The average molecular weight is 835 g/mol. The number of aliphatic imine (C=N–C) groups is 1. The molecule has 324 valence electrons. The van der Waals surface area contributed by atoms with Gasteiger partial charge in [0.25, 0.3) is 0 Å². The number of halogens is 1. The summed E-state index contributed by atoms with van der Waals surface area (Å²) in [5.41, 5.74) is 6.60. The van der Waals surface area contributed by atoms with E-state index in [0.717, 1.165) is 71.0 Å². The number of carbonyl (C=O) groups excluding carboxylic acids is 1. The molecule has 3 aliphatic rings. The van der Waals surface area contributed by atoms with E-state index in [2.05, 4.69) is 63.1 Å². The Bertz CT molecular complexity index is 1890. The number of ether oxygens (including phenoxy) is 2. The third kappa shape index (κ3) is 15.2. The fourth-order valence-corrected chi connectivity index (χ4v) is 9.60. The van der Waals surface area contributed by atoms with Crippen LogP contribution in [0.3, 0.4) is 0 Å². The summed E-state index contributed by atoms with van der Waals surface area (Å²) in [5, 5.41) is 9.97. The molecule has 1 atom stereocenters. The summed E-state index contributed by atoms with van der Waals surface area (Å²) in [6, 6.07) is 15.8. The number of rotatable bonds is 17. The van der Waals surface area contributed by atoms with E-state index in [1.807, 2.05) is 57.3 Å². The zero-order valence-electron chi connectivity index (χ0n) is 37.7. The number of allylic oxidation sites excluding steroid dienone is 3. The first-order chi connectivity index (χ1) is 28.6. The molecule has 0 N–H and O–H groups in total. The fourth-order valence-electron chi connectivity index (χ4n) is 9.36. The number of esters is 1.